The third kappa shape index (κ3) is 6.26. The molecule has 3 aromatic rings. The number of fused-ring (bicyclic) bond motifs is 1. The minimum Gasteiger partial charge on any atom is -0.493 e. The number of nitrogens with two attached hydrogens (primary N) is 1. The second kappa shape index (κ2) is 10.3. The Morgan fingerprint density at radius 2 is 1.61 bits per heavy atom. The lowest BCUT2D eigenvalue weighted by molar-refractivity contribution is -0.159. The molecule has 0 bridgehead atoms. The van der Waals surface area contributed by atoms with E-state index in [9.17, 15) is 0 Å². The molecule has 0 aliphatic heterocycles. The Morgan fingerprint density at radius 3 is 2.29 bits per heavy atom. The van der Waals surface area contributed by atoms with Gasteiger partial charge in [0.2, 0.25) is 0 Å². The molecule has 3 rings (SSSR count). The van der Waals surface area contributed by atoms with Crippen LogP contribution in [0.1, 0.15) is 18.0 Å². The SMILES string of the molecule is NC(CCOc1cccc2ccccc12)c1cccc(Cl)c1.O=C(O)C(=O)O. The molecule has 0 aliphatic carbocycles. The molecule has 7 heteroatoms. The first-order valence-electron chi connectivity index (χ1n) is 8.46. The third-order valence-electron chi connectivity index (χ3n) is 3.90. The molecule has 0 aliphatic rings. The number of benzene rings is 3. The van der Waals surface area contributed by atoms with Crippen molar-refractivity contribution in [3.05, 3.63) is 77.3 Å². The van der Waals surface area contributed by atoms with Crippen LogP contribution in [0.2, 0.25) is 5.02 Å². The Kier molecular flexibility index (Phi) is 7.80. The lowest BCUT2D eigenvalue weighted by Crippen LogP contribution is -2.14. The number of ether oxygens (including phenoxy) is 1. The van der Waals surface area contributed by atoms with Gasteiger partial charge in [0.15, 0.2) is 0 Å². The van der Waals surface area contributed by atoms with E-state index in [1.54, 1.807) is 0 Å². The zero-order valence-corrected chi connectivity index (χ0v) is 15.7. The van der Waals surface area contributed by atoms with Crippen molar-refractivity contribution in [2.24, 2.45) is 5.73 Å². The number of carboxylic acid groups (broad SMARTS) is 2. The zero-order valence-electron chi connectivity index (χ0n) is 14.9. The van der Waals surface area contributed by atoms with E-state index >= 15 is 0 Å². The maximum absolute atomic E-state index is 9.10. The van der Waals surface area contributed by atoms with Crippen molar-refractivity contribution >= 4 is 34.3 Å². The molecule has 1 unspecified atom stereocenters. The summed E-state index contributed by atoms with van der Waals surface area (Å²) in [6, 6.07) is 21.9. The largest absolute Gasteiger partial charge is 0.493 e. The lowest BCUT2D eigenvalue weighted by Gasteiger charge is -2.14. The van der Waals surface area contributed by atoms with Gasteiger partial charge in [-0.05, 0) is 29.1 Å². The van der Waals surface area contributed by atoms with Gasteiger partial charge in [-0.25, -0.2) is 9.59 Å². The molecule has 4 N–H and O–H groups in total. The lowest BCUT2D eigenvalue weighted by atomic mass is 10.1. The second-order valence-electron chi connectivity index (χ2n) is 5.89. The van der Waals surface area contributed by atoms with E-state index in [1.165, 1.54) is 5.39 Å². The predicted octanol–water partition coefficient (Wildman–Crippen LogP) is 4.12. The molecule has 0 spiro atoms. The van der Waals surface area contributed by atoms with Gasteiger partial charge in [-0.1, -0.05) is 60.1 Å². The van der Waals surface area contributed by atoms with Crippen LogP contribution < -0.4 is 10.5 Å². The van der Waals surface area contributed by atoms with Crippen LogP contribution in [0.3, 0.4) is 0 Å². The number of aliphatic carboxylic acids is 2. The number of rotatable bonds is 5. The van der Waals surface area contributed by atoms with Gasteiger partial charge < -0.3 is 20.7 Å². The molecule has 0 aromatic heterocycles. The summed E-state index contributed by atoms with van der Waals surface area (Å²) in [5.41, 5.74) is 7.24. The van der Waals surface area contributed by atoms with Crippen LogP contribution in [0.25, 0.3) is 10.8 Å². The van der Waals surface area contributed by atoms with Gasteiger partial charge in [0.05, 0.1) is 6.61 Å². The first-order valence-corrected chi connectivity index (χ1v) is 8.84. The van der Waals surface area contributed by atoms with Crippen molar-refractivity contribution in [3.8, 4) is 5.75 Å². The quantitative estimate of drug-likeness (QED) is 0.555. The summed E-state index contributed by atoms with van der Waals surface area (Å²) in [7, 11) is 0. The first-order chi connectivity index (χ1) is 13.4. The maximum Gasteiger partial charge on any atom is 0.414 e. The minimum atomic E-state index is -1.82. The van der Waals surface area contributed by atoms with E-state index in [2.05, 4.69) is 18.2 Å². The molecule has 1 atom stereocenters. The maximum atomic E-state index is 9.10. The highest BCUT2D eigenvalue weighted by Crippen LogP contribution is 2.26. The summed E-state index contributed by atoms with van der Waals surface area (Å²) in [6.07, 6.45) is 0.740. The molecule has 146 valence electrons. The Morgan fingerprint density at radius 1 is 0.964 bits per heavy atom. The van der Waals surface area contributed by atoms with Crippen molar-refractivity contribution in [1.29, 1.82) is 0 Å². The summed E-state index contributed by atoms with van der Waals surface area (Å²) in [6.45, 7) is 0.571. The van der Waals surface area contributed by atoms with Crippen LogP contribution in [-0.4, -0.2) is 28.8 Å². The highest BCUT2D eigenvalue weighted by atomic mass is 35.5. The highest BCUT2D eigenvalue weighted by Gasteiger charge is 2.08. The predicted molar refractivity (Wildman–Crippen MR) is 108 cm³/mol. The number of hydrogen-bond acceptors (Lipinski definition) is 4. The van der Waals surface area contributed by atoms with Crippen LogP contribution in [0.4, 0.5) is 0 Å². The van der Waals surface area contributed by atoms with Gasteiger partial charge in [-0.3, -0.25) is 0 Å². The smallest absolute Gasteiger partial charge is 0.414 e. The Labute approximate surface area is 167 Å². The van der Waals surface area contributed by atoms with Gasteiger partial charge in [-0.15, -0.1) is 0 Å². The van der Waals surface area contributed by atoms with Crippen molar-refractivity contribution in [3.63, 3.8) is 0 Å². The van der Waals surface area contributed by atoms with Gasteiger partial charge in [0.25, 0.3) is 0 Å². The van der Waals surface area contributed by atoms with E-state index in [4.69, 9.17) is 41.9 Å². The molecule has 3 aromatic carbocycles. The fourth-order valence-corrected chi connectivity index (χ4v) is 2.72. The summed E-state index contributed by atoms with van der Waals surface area (Å²) in [4.78, 5) is 18.2. The Balaban J connectivity index is 0.000000409. The second-order valence-corrected chi connectivity index (χ2v) is 6.32. The van der Waals surface area contributed by atoms with Crippen LogP contribution in [-0.2, 0) is 9.59 Å². The molecule has 0 saturated carbocycles. The summed E-state index contributed by atoms with van der Waals surface area (Å²) in [5.74, 6) is -2.75. The normalized spacial score (nSPS) is 11.2. The van der Waals surface area contributed by atoms with Crippen LogP contribution in [0, 0.1) is 0 Å². The van der Waals surface area contributed by atoms with E-state index in [0.29, 0.717) is 11.6 Å². The van der Waals surface area contributed by atoms with Gasteiger partial charge in [-0.2, -0.15) is 0 Å². The number of halogens is 1. The zero-order chi connectivity index (χ0) is 20.5. The topological polar surface area (TPSA) is 110 Å². The number of carbonyl (C=O) groups is 2. The molecule has 0 radical (unpaired) electrons. The number of carboxylic acids is 2. The van der Waals surface area contributed by atoms with E-state index < -0.39 is 11.9 Å². The summed E-state index contributed by atoms with van der Waals surface area (Å²) >= 11 is 6.00. The number of hydrogen-bond donors (Lipinski definition) is 3. The van der Waals surface area contributed by atoms with E-state index in [-0.39, 0.29) is 6.04 Å². The van der Waals surface area contributed by atoms with Crippen LogP contribution in [0.5, 0.6) is 5.75 Å². The third-order valence-corrected chi connectivity index (χ3v) is 4.13. The first kappa shape index (κ1) is 21.2. The van der Waals surface area contributed by atoms with Crippen LogP contribution >= 0.6 is 11.6 Å². The van der Waals surface area contributed by atoms with Gasteiger partial charge in [0.1, 0.15) is 5.75 Å². The highest BCUT2D eigenvalue weighted by molar-refractivity contribution is 6.30. The summed E-state index contributed by atoms with van der Waals surface area (Å²) < 4.78 is 5.93. The molecule has 0 heterocycles. The molecule has 28 heavy (non-hydrogen) atoms. The molecular weight excluding hydrogens is 382 g/mol. The molecule has 6 nitrogen and oxygen atoms in total. The Hall–Kier alpha value is -3.09. The van der Waals surface area contributed by atoms with Crippen LogP contribution in [0.15, 0.2) is 66.7 Å². The average Bonchev–Trinajstić information content (AvgIpc) is 2.68. The fourth-order valence-electron chi connectivity index (χ4n) is 2.52. The van der Waals surface area contributed by atoms with Gasteiger partial charge in [0, 0.05) is 22.9 Å². The molecular formula is C21H20ClNO5. The standard InChI is InChI=1S/C19H18ClNO.C2H2O4/c20-16-8-3-7-15(13-16)18(21)11-12-22-19-10-4-6-14-5-1-2-9-17(14)19;3-1(4)2(5)6/h1-10,13,18H,11-12,21H2;(H,3,4)(H,5,6). The fraction of sp³-hybridized carbons (Fsp3) is 0.143. The molecule has 0 amide bonds. The molecule has 0 saturated heterocycles. The van der Waals surface area contributed by atoms with Crippen molar-refractivity contribution < 1.29 is 24.5 Å². The minimum absolute atomic E-state index is 0.0753. The van der Waals surface area contributed by atoms with Gasteiger partial charge >= 0.3 is 11.9 Å². The van der Waals surface area contributed by atoms with E-state index in [0.717, 1.165) is 23.1 Å². The van der Waals surface area contributed by atoms with E-state index in [1.807, 2.05) is 48.5 Å². The van der Waals surface area contributed by atoms with Crippen molar-refractivity contribution in [2.45, 2.75) is 12.5 Å². The monoisotopic (exact) mass is 401 g/mol. The Bertz CT molecular complexity index is 943. The molecule has 0 fully saturated rings. The van der Waals surface area contributed by atoms with Crippen molar-refractivity contribution in [2.75, 3.05) is 6.61 Å². The van der Waals surface area contributed by atoms with Crippen molar-refractivity contribution in [1.82, 2.24) is 0 Å². The summed E-state index contributed by atoms with van der Waals surface area (Å²) in [5, 5.41) is 17.8. The average molecular weight is 402 g/mol.